The van der Waals surface area contributed by atoms with Gasteiger partial charge < -0.3 is 10.1 Å². The van der Waals surface area contributed by atoms with Crippen molar-refractivity contribution >= 4 is 67.5 Å². The number of amides is 2. The van der Waals surface area contributed by atoms with Gasteiger partial charge >= 0.3 is 5.97 Å². The van der Waals surface area contributed by atoms with Crippen molar-refractivity contribution in [2.24, 2.45) is 0 Å². The molecule has 0 fully saturated rings. The summed E-state index contributed by atoms with van der Waals surface area (Å²) in [5.41, 5.74) is 1.18. The number of carbonyl (C=O) groups is 3. The van der Waals surface area contributed by atoms with Crippen molar-refractivity contribution in [3.05, 3.63) is 112 Å². The van der Waals surface area contributed by atoms with Crippen molar-refractivity contribution in [3.63, 3.8) is 0 Å². The summed E-state index contributed by atoms with van der Waals surface area (Å²) in [6, 6.07) is 26.3. The summed E-state index contributed by atoms with van der Waals surface area (Å²) < 4.78 is 6.32. The molecule has 0 saturated carbocycles. The van der Waals surface area contributed by atoms with E-state index in [0.29, 0.717) is 22.7 Å². The lowest BCUT2D eigenvalue weighted by Crippen LogP contribution is -2.32. The second kappa shape index (κ2) is 9.37. The molecule has 35 heavy (non-hydrogen) atoms. The van der Waals surface area contributed by atoms with E-state index < -0.39 is 17.8 Å². The molecule has 1 aliphatic heterocycles. The highest BCUT2D eigenvalue weighted by atomic mass is 79.9. The second-order valence-corrected chi connectivity index (χ2v) is 9.01. The number of carbonyl (C=O) groups excluding carboxylic acids is 3. The molecular formula is C27H16BrClN2O4. The van der Waals surface area contributed by atoms with E-state index in [0.717, 1.165) is 20.1 Å². The van der Waals surface area contributed by atoms with Crippen LogP contribution in [-0.4, -0.2) is 17.8 Å². The van der Waals surface area contributed by atoms with E-state index in [1.807, 2.05) is 30.3 Å². The number of halogens is 2. The summed E-state index contributed by atoms with van der Waals surface area (Å²) in [7, 11) is 0. The first-order valence-electron chi connectivity index (χ1n) is 10.5. The minimum absolute atomic E-state index is 0.0360. The summed E-state index contributed by atoms with van der Waals surface area (Å²) >= 11 is 9.51. The van der Waals surface area contributed by atoms with Crippen LogP contribution in [0.25, 0.3) is 10.8 Å². The first kappa shape index (κ1) is 22.8. The van der Waals surface area contributed by atoms with E-state index in [1.165, 1.54) is 0 Å². The van der Waals surface area contributed by atoms with E-state index in [9.17, 15) is 14.4 Å². The van der Waals surface area contributed by atoms with Crippen LogP contribution in [-0.2, 0) is 9.59 Å². The zero-order valence-corrected chi connectivity index (χ0v) is 20.3. The lowest BCUT2D eigenvalue weighted by Gasteiger charge is -2.15. The standard InChI is InChI=1S/C27H16BrClN2O4/c28-19-8-12-21(13-9-19)31-25(32)23(29)24(26(31)33)30-20-10-5-17(6-11-20)27(34)35-22-14-7-16-3-1-2-4-18(16)15-22/h1-15,30H. The van der Waals surface area contributed by atoms with Gasteiger partial charge in [-0.2, -0.15) is 0 Å². The van der Waals surface area contributed by atoms with Gasteiger partial charge in [0, 0.05) is 10.2 Å². The van der Waals surface area contributed by atoms with Crippen LogP contribution >= 0.6 is 27.5 Å². The lowest BCUT2D eigenvalue weighted by molar-refractivity contribution is -0.120. The van der Waals surface area contributed by atoms with Gasteiger partial charge in [0.05, 0.1) is 11.3 Å². The first-order chi connectivity index (χ1) is 16.9. The third kappa shape index (κ3) is 4.56. The average Bonchev–Trinajstić information content (AvgIpc) is 3.08. The normalized spacial score (nSPS) is 13.5. The molecule has 0 unspecified atom stereocenters. The Morgan fingerprint density at radius 3 is 2.23 bits per heavy atom. The van der Waals surface area contributed by atoms with Gasteiger partial charge in [0.1, 0.15) is 16.5 Å². The van der Waals surface area contributed by atoms with Crippen LogP contribution in [0.5, 0.6) is 5.75 Å². The fraction of sp³-hybridized carbons (Fsp3) is 0. The molecular weight excluding hydrogens is 532 g/mol. The Kier molecular flexibility index (Phi) is 6.11. The SMILES string of the molecule is O=C(Oc1ccc2ccccc2c1)c1ccc(NC2=C(Cl)C(=O)N(c3ccc(Br)cc3)C2=O)cc1. The molecule has 1 N–H and O–H groups in total. The number of rotatable bonds is 5. The lowest BCUT2D eigenvalue weighted by atomic mass is 10.1. The van der Waals surface area contributed by atoms with Crippen molar-refractivity contribution in [1.82, 2.24) is 0 Å². The molecule has 6 nitrogen and oxygen atoms in total. The molecule has 0 saturated heterocycles. The number of anilines is 2. The molecule has 0 radical (unpaired) electrons. The summed E-state index contributed by atoms with van der Waals surface area (Å²) in [5.74, 6) is -1.26. The monoisotopic (exact) mass is 546 g/mol. The predicted octanol–water partition coefficient (Wildman–Crippen LogP) is 6.26. The maximum Gasteiger partial charge on any atom is 0.343 e. The molecule has 8 heteroatoms. The molecule has 2 amide bonds. The maximum absolute atomic E-state index is 12.9. The number of nitrogens with zero attached hydrogens (tertiary/aromatic N) is 1. The van der Waals surface area contributed by atoms with E-state index in [4.69, 9.17) is 16.3 Å². The number of nitrogens with one attached hydrogen (secondary N) is 1. The Bertz CT molecular complexity index is 1510. The van der Waals surface area contributed by atoms with Gasteiger partial charge in [-0.05, 0) is 71.4 Å². The Hall–Kier alpha value is -3.94. The van der Waals surface area contributed by atoms with Gasteiger partial charge in [0.2, 0.25) is 0 Å². The minimum Gasteiger partial charge on any atom is -0.423 e. The number of hydrogen-bond acceptors (Lipinski definition) is 5. The molecule has 0 atom stereocenters. The highest BCUT2D eigenvalue weighted by molar-refractivity contribution is 9.10. The van der Waals surface area contributed by atoms with Crippen LogP contribution in [0.1, 0.15) is 10.4 Å². The smallest absolute Gasteiger partial charge is 0.343 e. The van der Waals surface area contributed by atoms with Gasteiger partial charge in [0.15, 0.2) is 0 Å². The number of fused-ring (bicyclic) bond motifs is 1. The molecule has 0 spiro atoms. The summed E-state index contributed by atoms with van der Waals surface area (Å²) in [6.45, 7) is 0. The largest absolute Gasteiger partial charge is 0.423 e. The van der Waals surface area contributed by atoms with Gasteiger partial charge in [-0.1, -0.05) is 57.9 Å². The average molecular weight is 548 g/mol. The molecule has 0 aromatic heterocycles. The molecule has 5 rings (SSSR count). The molecule has 0 bridgehead atoms. The molecule has 1 heterocycles. The molecule has 172 valence electrons. The van der Waals surface area contributed by atoms with Crippen molar-refractivity contribution < 1.29 is 19.1 Å². The van der Waals surface area contributed by atoms with Crippen LogP contribution in [0.4, 0.5) is 11.4 Å². The zero-order chi connectivity index (χ0) is 24.5. The number of esters is 1. The van der Waals surface area contributed by atoms with Crippen molar-refractivity contribution in [2.45, 2.75) is 0 Å². The van der Waals surface area contributed by atoms with Crippen molar-refractivity contribution in [2.75, 3.05) is 10.2 Å². The number of benzene rings is 4. The Balaban J connectivity index is 1.29. The number of imide groups is 1. The highest BCUT2D eigenvalue weighted by Crippen LogP contribution is 2.31. The Morgan fingerprint density at radius 2 is 1.51 bits per heavy atom. The summed E-state index contributed by atoms with van der Waals surface area (Å²) in [6.07, 6.45) is 0. The minimum atomic E-state index is -0.614. The van der Waals surface area contributed by atoms with Crippen molar-refractivity contribution in [3.8, 4) is 5.75 Å². The van der Waals surface area contributed by atoms with Crippen LogP contribution in [0, 0.1) is 0 Å². The van der Waals surface area contributed by atoms with Crippen LogP contribution in [0.2, 0.25) is 0 Å². The third-order valence-electron chi connectivity index (χ3n) is 5.43. The van der Waals surface area contributed by atoms with E-state index in [1.54, 1.807) is 60.7 Å². The molecule has 4 aromatic carbocycles. The van der Waals surface area contributed by atoms with Crippen LogP contribution in [0.3, 0.4) is 0 Å². The van der Waals surface area contributed by atoms with Gasteiger partial charge in [-0.15, -0.1) is 0 Å². The quantitative estimate of drug-likeness (QED) is 0.181. The van der Waals surface area contributed by atoms with E-state index in [-0.39, 0.29) is 10.7 Å². The maximum atomic E-state index is 12.9. The second-order valence-electron chi connectivity index (χ2n) is 7.71. The predicted molar refractivity (Wildman–Crippen MR) is 138 cm³/mol. The van der Waals surface area contributed by atoms with E-state index >= 15 is 0 Å². The Labute approximate surface area is 213 Å². The Morgan fingerprint density at radius 1 is 0.829 bits per heavy atom. The van der Waals surface area contributed by atoms with Crippen LogP contribution < -0.4 is 15.0 Å². The zero-order valence-electron chi connectivity index (χ0n) is 18.0. The van der Waals surface area contributed by atoms with Gasteiger partial charge in [-0.3, -0.25) is 9.59 Å². The first-order valence-corrected chi connectivity index (χ1v) is 11.7. The van der Waals surface area contributed by atoms with E-state index in [2.05, 4.69) is 21.2 Å². The van der Waals surface area contributed by atoms with Gasteiger partial charge in [0.25, 0.3) is 11.8 Å². The number of ether oxygens (including phenoxy) is 1. The fourth-order valence-corrected chi connectivity index (χ4v) is 4.14. The fourth-order valence-electron chi connectivity index (χ4n) is 3.67. The van der Waals surface area contributed by atoms with Crippen molar-refractivity contribution in [1.29, 1.82) is 0 Å². The topological polar surface area (TPSA) is 75.7 Å². The number of hydrogen-bond donors (Lipinski definition) is 1. The third-order valence-corrected chi connectivity index (χ3v) is 6.31. The summed E-state index contributed by atoms with van der Waals surface area (Å²) in [5, 5.41) is 4.70. The summed E-state index contributed by atoms with van der Waals surface area (Å²) in [4.78, 5) is 39.1. The highest BCUT2D eigenvalue weighted by Gasteiger charge is 2.38. The van der Waals surface area contributed by atoms with Crippen LogP contribution in [0.15, 0.2) is 106 Å². The molecule has 0 aliphatic carbocycles. The molecule has 4 aromatic rings. The van der Waals surface area contributed by atoms with Gasteiger partial charge in [-0.25, -0.2) is 9.69 Å². The molecule has 1 aliphatic rings.